The number of piperazine rings is 1. The van der Waals surface area contributed by atoms with Gasteiger partial charge in [0.25, 0.3) is 5.91 Å². The number of carbonyl (C=O) groups is 1. The average Bonchev–Trinajstić information content (AvgIpc) is 3.15. The zero-order valence-electron chi connectivity index (χ0n) is 18.8. The second-order valence-electron chi connectivity index (χ2n) is 8.01. The van der Waals surface area contributed by atoms with Crippen molar-refractivity contribution in [3.8, 4) is 11.5 Å². The molecule has 1 fully saturated rings. The Morgan fingerprint density at radius 1 is 1.03 bits per heavy atom. The van der Waals surface area contributed by atoms with Crippen LogP contribution in [0.4, 0.5) is 0 Å². The number of aromatic nitrogens is 1. The van der Waals surface area contributed by atoms with Crippen molar-refractivity contribution in [1.29, 1.82) is 0 Å². The van der Waals surface area contributed by atoms with E-state index in [1.165, 1.54) is 0 Å². The van der Waals surface area contributed by atoms with Crippen LogP contribution in [0.3, 0.4) is 0 Å². The second-order valence-corrected chi connectivity index (χ2v) is 8.01. The predicted octanol–water partition coefficient (Wildman–Crippen LogP) is 3.84. The van der Waals surface area contributed by atoms with Crippen molar-refractivity contribution in [3.63, 3.8) is 0 Å². The molecule has 0 saturated carbocycles. The van der Waals surface area contributed by atoms with Gasteiger partial charge in [-0.1, -0.05) is 29.4 Å². The number of rotatable bonds is 7. The van der Waals surface area contributed by atoms with Crippen LogP contribution in [-0.2, 0) is 13.2 Å². The minimum atomic E-state index is 0.103. The van der Waals surface area contributed by atoms with Crippen molar-refractivity contribution in [2.24, 2.45) is 0 Å². The standard InChI is InChI=1S/C25H29N3O4/c1-18-22(19(2)32-26-18)17-31-23-10-9-20(15-24(23)30-3)16-27-11-13-28(14-12-27)25(29)21-7-5-4-6-8-21/h4-10,15H,11-14,16-17H2,1-3H3. The molecule has 0 unspecified atom stereocenters. The van der Waals surface area contributed by atoms with Crippen molar-refractivity contribution in [2.45, 2.75) is 27.0 Å². The quantitative estimate of drug-likeness (QED) is 0.562. The highest BCUT2D eigenvalue weighted by atomic mass is 16.5. The van der Waals surface area contributed by atoms with E-state index in [-0.39, 0.29) is 5.91 Å². The van der Waals surface area contributed by atoms with E-state index in [2.05, 4.69) is 16.1 Å². The van der Waals surface area contributed by atoms with Gasteiger partial charge in [0, 0.05) is 38.3 Å². The molecule has 7 heteroatoms. The number of nitrogens with zero attached hydrogens (tertiary/aromatic N) is 3. The lowest BCUT2D eigenvalue weighted by Gasteiger charge is -2.34. The van der Waals surface area contributed by atoms with Crippen molar-refractivity contribution in [1.82, 2.24) is 15.0 Å². The Hall–Kier alpha value is -3.32. The van der Waals surface area contributed by atoms with Gasteiger partial charge in [-0.05, 0) is 43.7 Å². The predicted molar refractivity (Wildman–Crippen MR) is 121 cm³/mol. The number of amides is 1. The van der Waals surface area contributed by atoms with E-state index in [1.807, 2.05) is 61.2 Å². The third kappa shape index (κ3) is 4.94. The first-order valence-corrected chi connectivity index (χ1v) is 10.8. The van der Waals surface area contributed by atoms with E-state index in [0.29, 0.717) is 18.1 Å². The van der Waals surface area contributed by atoms with E-state index in [9.17, 15) is 4.79 Å². The molecule has 4 rings (SSSR count). The second kappa shape index (κ2) is 9.87. The zero-order chi connectivity index (χ0) is 22.5. The summed E-state index contributed by atoms with van der Waals surface area (Å²) < 4.78 is 16.7. The normalized spacial score (nSPS) is 14.4. The van der Waals surface area contributed by atoms with Gasteiger partial charge in [-0.2, -0.15) is 0 Å². The van der Waals surface area contributed by atoms with Crippen LogP contribution in [0.1, 0.15) is 32.9 Å². The number of methoxy groups -OCH3 is 1. The summed E-state index contributed by atoms with van der Waals surface area (Å²) in [5, 5.41) is 3.97. The fourth-order valence-electron chi connectivity index (χ4n) is 3.92. The highest BCUT2D eigenvalue weighted by Crippen LogP contribution is 2.30. The Labute approximate surface area is 188 Å². The van der Waals surface area contributed by atoms with Crippen LogP contribution < -0.4 is 9.47 Å². The molecule has 1 aromatic heterocycles. The van der Waals surface area contributed by atoms with E-state index >= 15 is 0 Å². The SMILES string of the molecule is COc1cc(CN2CCN(C(=O)c3ccccc3)CC2)ccc1OCc1c(C)noc1C. The molecule has 168 valence electrons. The Morgan fingerprint density at radius 2 is 1.78 bits per heavy atom. The van der Waals surface area contributed by atoms with Gasteiger partial charge in [-0.3, -0.25) is 9.69 Å². The lowest BCUT2D eigenvalue weighted by molar-refractivity contribution is 0.0628. The van der Waals surface area contributed by atoms with Gasteiger partial charge in [-0.25, -0.2) is 0 Å². The van der Waals surface area contributed by atoms with Crippen molar-refractivity contribution < 1.29 is 18.8 Å². The molecule has 0 spiro atoms. The molecule has 0 N–H and O–H groups in total. The summed E-state index contributed by atoms with van der Waals surface area (Å²) in [4.78, 5) is 16.9. The summed E-state index contributed by atoms with van der Waals surface area (Å²) in [7, 11) is 1.65. The summed E-state index contributed by atoms with van der Waals surface area (Å²) in [5.74, 6) is 2.26. The van der Waals surface area contributed by atoms with Crippen LogP contribution in [0.5, 0.6) is 11.5 Å². The third-order valence-electron chi connectivity index (χ3n) is 5.87. The molecule has 3 aromatic rings. The minimum Gasteiger partial charge on any atom is -0.493 e. The smallest absolute Gasteiger partial charge is 0.253 e. The zero-order valence-corrected chi connectivity index (χ0v) is 18.8. The van der Waals surface area contributed by atoms with E-state index in [4.69, 9.17) is 14.0 Å². The maximum absolute atomic E-state index is 12.6. The molecule has 1 aliphatic rings. The van der Waals surface area contributed by atoms with Crippen LogP contribution in [0.2, 0.25) is 0 Å². The molecule has 0 bridgehead atoms. The number of benzene rings is 2. The molecule has 1 aliphatic heterocycles. The molecule has 2 aromatic carbocycles. The number of hydrogen-bond acceptors (Lipinski definition) is 6. The monoisotopic (exact) mass is 435 g/mol. The summed E-state index contributed by atoms with van der Waals surface area (Å²) in [6.45, 7) is 8.10. The van der Waals surface area contributed by atoms with Gasteiger partial charge in [0.05, 0.1) is 18.4 Å². The summed E-state index contributed by atoms with van der Waals surface area (Å²) in [6.07, 6.45) is 0. The first kappa shape index (κ1) is 21.9. The van der Waals surface area contributed by atoms with Crippen molar-refractivity contribution in [2.75, 3.05) is 33.3 Å². The van der Waals surface area contributed by atoms with Crippen molar-refractivity contribution >= 4 is 5.91 Å². The van der Waals surface area contributed by atoms with Crippen LogP contribution in [0, 0.1) is 13.8 Å². The topological polar surface area (TPSA) is 68.0 Å². The first-order valence-electron chi connectivity index (χ1n) is 10.8. The molecule has 1 saturated heterocycles. The van der Waals surface area contributed by atoms with E-state index in [1.54, 1.807) is 7.11 Å². The van der Waals surface area contributed by atoms with Gasteiger partial charge >= 0.3 is 0 Å². The Balaban J connectivity index is 1.33. The third-order valence-corrected chi connectivity index (χ3v) is 5.87. The molecular formula is C25H29N3O4. The molecule has 1 amide bonds. The van der Waals surface area contributed by atoms with E-state index in [0.717, 1.165) is 60.9 Å². The summed E-state index contributed by atoms with van der Waals surface area (Å²) in [6, 6.07) is 15.5. The first-order chi connectivity index (χ1) is 15.5. The largest absolute Gasteiger partial charge is 0.493 e. The lowest BCUT2D eigenvalue weighted by atomic mass is 10.1. The molecule has 0 radical (unpaired) electrons. The van der Waals surface area contributed by atoms with Crippen LogP contribution in [0.15, 0.2) is 53.1 Å². The van der Waals surface area contributed by atoms with E-state index < -0.39 is 0 Å². The Morgan fingerprint density at radius 3 is 2.44 bits per heavy atom. The highest BCUT2D eigenvalue weighted by Gasteiger charge is 2.22. The molecule has 2 heterocycles. The lowest BCUT2D eigenvalue weighted by Crippen LogP contribution is -2.48. The minimum absolute atomic E-state index is 0.103. The summed E-state index contributed by atoms with van der Waals surface area (Å²) >= 11 is 0. The number of ether oxygens (including phenoxy) is 2. The van der Waals surface area contributed by atoms with Gasteiger partial charge in [0.15, 0.2) is 11.5 Å². The van der Waals surface area contributed by atoms with Gasteiger partial charge in [0.1, 0.15) is 12.4 Å². The number of hydrogen-bond donors (Lipinski definition) is 0. The Kier molecular flexibility index (Phi) is 6.75. The molecular weight excluding hydrogens is 406 g/mol. The fraction of sp³-hybridized carbons (Fsp3) is 0.360. The Bertz CT molecular complexity index is 1040. The average molecular weight is 436 g/mol. The molecule has 0 aliphatic carbocycles. The molecule has 32 heavy (non-hydrogen) atoms. The molecule has 0 atom stereocenters. The van der Waals surface area contributed by atoms with Gasteiger partial charge in [0.2, 0.25) is 0 Å². The maximum atomic E-state index is 12.6. The highest BCUT2D eigenvalue weighted by molar-refractivity contribution is 5.94. The van der Waals surface area contributed by atoms with Crippen LogP contribution in [-0.4, -0.2) is 54.2 Å². The number of carbonyl (C=O) groups excluding carboxylic acids is 1. The van der Waals surface area contributed by atoms with Gasteiger partial charge in [-0.15, -0.1) is 0 Å². The molecule has 7 nitrogen and oxygen atoms in total. The van der Waals surface area contributed by atoms with Crippen LogP contribution in [0.25, 0.3) is 0 Å². The fourth-order valence-corrected chi connectivity index (χ4v) is 3.92. The van der Waals surface area contributed by atoms with Gasteiger partial charge < -0.3 is 18.9 Å². The van der Waals surface area contributed by atoms with Crippen molar-refractivity contribution in [3.05, 3.63) is 76.7 Å². The van der Waals surface area contributed by atoms with Crippen LogP contribution >= 0.6 is 0 Å². The maximum Gasteiger partial charge on any atom is 0.253 e. The number of aryl methyl sites for hydroxylation is 2. The summed E-state index contributed by atoms with van der Waals surface area (Å²) in [5.41, 5.74) is 3.69.